The second-order valence-corrected chi connectivity index (χ2v) is 4.97. The molecule has 20 heavy (non-hydrogen) atoms. The molecule has 0 fully saturated rings. The van der Waals surface area contributed by atoms with Crippen molar-refractivity contribution in [1.29, 1.82) is 0 Å². The van der Waals surface area contributed by atoms with Gasteiger partial charge < -0.3 is 14.5 Å². The van der Waals surface area contributed by atoms with Gasteiger partial charge in [-0.15, -0.1) is 0 Å². The third-order valence-electron chi connectivity index (χ3n) is 3.28. The first-order valence-corrected chi connectivity index (χ1v) is 6.76. The molecule has 5 heteroatoms. The topological polar surface area (TPSA) is 47.3 Å². The van der Waals surface area contributed by atoms with Crippen molar-refractivity contribution >= 4 is 28.4 Å². The van der Waals surface area contributed by atoms with Crippen molar-refractivity contribution in [2.45, 2.75) is 0 Å². The van der Waals surface area contributed by atoms with Gasteiger partial charge in [0.2, 0.25) is 5.89 Å². The second kappa shape index (κ2) is 4.42. The van der Waals surface area contributed by atoms with E-state index >= 15 is 0 Å². The first kappa shape index (κ1) is 11.6. The number of anilines is 1. The van der Waals surface area contributed by atoms with E-state index in [1.807, 2.05) is 30.3 Å². The van der Waals surface area contributed by atoms with E-state index in [4.69, 9.17) is 20.8 Å². The number of aromatic nitrogens is 1. The normalized spacial score (nSPS) is 13.7. The fraction of sp³-hybridized carbons (Fsp3) is 0.133. The standard InChI is InChI=1S/C15H11ClN2O2/c16-10-4-2-6-12-14(10)20-15(18-12)9-3-1-5-11-13(9)19-8-7-17-11/h1-6,17H,7-8H2. The molecular weight excluding hydrogens is 276 g/mol. The predicted molar refractivity (Wildman–Crippen MR) is 78.4 cm³/mol. The number of para-hydroxylation sites is 2. The summed E-state index contributed by atoms with van der Waals surface area (Å²) in [5.74, 6) is 1.30. The maximum Gasteiger partial charge on any atom is 0.231 e. The minimum absolute atomic E-state index is 0.522. The number of nitrogens with zero attached hydrogens (tertiary/aromatic N) is 1. The van der Waals surface area contributed by atoms with Gasteiger partial charge in [0, 0.05) is 6.54 Å². The van der Waals surface area contributed by atoms with Crippen LogP contribution < -0.4 is 10.1 Å². The van der Waals surface area contributed by atoms with Crippen molar-refractivity contribution in [3.8, 4) is 17.2 Å². The van der Waals surface area contributed by atoms with Crippen molar-refractivity contribution in [3.63, 3.8) is 0 Å². The molecule has 0 saturated heterocycles. The Morgan fingerprint density at radius 2 is 2.05 bits per heavy atom. The second-order valence-electron chi connectivity index (χ2n) is 4.56. The van der Waals surface area contributed by atoms with Crippen LogP contribution in [0.4, 0.5) is 5.69 Å². The van der Waals surface area contributed by atoms with E-state index in [2.05, 4.69) is 10.3 Å². The summed E-state index contributed by atoms with van der Waals surface area (Å²) >= 11 is 6.12. The number of rotatable bonds is 1. The molecule has 4 nitrogen and oxygen atoms in total. The maximum absolute atomic E-state index is 6.12. The lowest BCUT2D eigenvalue weighted by Gasteiger charge is -2.20. The average Bonchev–Trinajstić information content (AvgIpc) is 2.92. The Kier molecular flexibility index (Phi) is 2.57. The summed E-state index contributed by atoms with van der Waals surface area (Å²) in [6.07, 6.45) is 0. The molecule has 2 aromatic carbocycles. The zero-order valence-corrected chi connectivity index (χ0v) is 11.3. The molecule has 1 aromatic heterocycles. The van der Waals surface area contributed by atoms with Gasteiger partial charge >= 0.3 is 0 Å². The van der Waals surface area contributed by atoms with Gasteiger partial charge in [0.05, 0.1) is 16.3 Å². The highest BCUT2D eigenvalue weighted by Crippen LogP contribution is 2.39. The Morgan fingerprint density at radius 1 is 1.15 bits per heavy atom. The molecule has 1 aliphatic rings. The summed E-state index contributed by atoms with van der Waals surface area (Å²) in [5, 5.41) is 3.86. The largest absolute Gasteiger partial charge is 0.489 e. The number of nitrogens with one attached hydrogen (secondary N) is 1. The van der Waals surface area contributed by atoms with Crippen LogP contribution in [0.15, 0.2) is 40.8 Å². The molecule has 0 atom stereocenters. The Hall–Kier alpha value is -2.20. The van der Waals surface area contributed by atoms with Crippen molar-refractivity contribution < 1.29 is 9.15 Å². The van der Waals surface area contributed by atoms with Gasteiger partial charge in [0.1, 0.15) is 12.1 Å². The van der Waals surface area contributed by atoms with E-state index in [9.17, 15) is 0 Å². The van der Waals surface area contributed by atoms with Crippen LogP contribution >= 0.6 is 11.6 Å². The minimum atomic E-state index is 0.522. The SMILES string of the molecule is Clc1cccc2nc(-c3cccc4c3OCCN4)oc12. The zero-order chi connectivity index (χ0) is 13.5. The molecule has 1 N–H and O–H groups in total. The molecule has 1 aliphatic heterocycles. The van der Waals surface area contributed by atoms with E-state index in [0.29, 0.717) is 23.1 Å². The predicted octanol–water partition coefficient (Wildman–Crippen LogP) is 3.95. The highest BCUT2D eigenvalue weighted by molar-refractivity contribution is 6.34. The minimum Gasteiger partial charge on any atom is -0.489 e. The van der Waals surface area contributed by atoms with Gasteiger partial charge in [-0.2, -0.15) is 0 Å². The van der Waals surface area contributed by atoms with Crippen LogP contribution in [-0.4, -0.2) is 18.1 Å². The number of hydrogen-bond acceptors (Lipinski definition) is 4. The molecule has 0 amide bonds. The van der Waals surface area contributed by atoms with Crippen LogP contribution in [0.3, 0.4) is 0 Å². The van der Waals surface area contributed by atoms with E-state index in [1.54, 1.807) is 6.07 Å². The van der Waals surface area contributed by atoms with Gasteiger partial charge in [-0.1, -0.05) is 23.7 Å². The molecule has 0 saturated carbocycles. The quantitative estimate of drug-likeness (QED) is 0.736. The van der Waals surface area contributed by atoms with E-state index in [0.717, 1.165) is 29.1 Å². The Balaban J connectivity index is 1.93. The highest BCUT2D eigenvalue weighted by Gasteiger charge is 2.19. The monoisotopic (exact) mass is 286 g/mol. The summed E-state index contributed by atoms with van der Waals surface area (Å²) in [6.45, 7) is 1.43. The average molecular weight is 287 g/mol. The number of ether oxygens (including phenoxy) is 1. The van der Waals surface area contributed by atoms with Crippen LogP contribution in [0.1, 0.15) is 0 Å². The fourth-order valence-corrected chi connectivity index (χ4v) is 2.58. The van der Waals surface area contributed by atoms with Crippen molar-refractivity contribution in [1.82, 2.24) is 4.98 Å². The van der Waals surface area contributed by atoms with Gasteiger partial charge in [-0.05, 0) is 24.3 Å². The molecule has 0 spiro atoms. The molecule has 2 heterocycles. The summed E-state index contributed by atoms with van der Waals surface area (Å²) in [7, 11) is 0. The molecule has 100 valence electrons. The smallest absolute Gasteiger partial charge is 0.231 e. The van der Waals surface area contributed by atoms with Crippen LogP contribution in [0.2, 0.25) is 5.02 Å². The van der Waals surface area contributed by atoms with E-state index in [-0.39, 0.29) is 0 Å². The first-order chi connectivity index (χ1) is 9.83. The number of fused-ring (bicyclic) bond motifs is 2. The Morgan fingerprint density at radius 3 is 2.95 bits per heavy atom. The maximum atomic E-state index is 6.12. The van der Waals surface area contributed by atoms with Gasteiger partial charge in [0.15, 0.2) is 11.3 Å². The van der Waals surface area contributed by atoms with Crippen molar-refractivity contribution in [3.05, 3.63) is 41.4 Å². The molecule has 0 radical (unpaired) electrons. The molecule has 4 rings (SSSR count). The van der Waals surface area contributed by atoms with Gasteiger partial charge in [-0.25, -0.2) is 4.98 Å². The molecule has 3 aromatic rings. The molecule has 0 unspecified atom stereocenters. The third kappa shape index (κ3) is 1.72. The van der Waals surface area contributed by atoms with Crippen LogP contribution in [-0.2, 0) is 0 Å². The summed E-state index contributed by atoms with van der Waals surface area (Å²) in [4.78, 5) is 4.49. The Labute approximate surface area is 120 Å². The molecule has 0 aliphatic carbocycles. The molecule has 0 bridgehead atoms. The number of halogens is 1. The van der Waals surface area contributed by atoms with Gasteiger partial charge in [-0.3, -0.25) is 0 Å². The Bertz CT molecular complexity index is 798. The summed E-state index contributed by atoms with van der Waals surface area (Å²) < 4.78 is 11.5. The lowest BCUT2D eigenvalue weighted by Crippen LogP contribution is -2.18. The van der Waals surface area contributed by atoms with E-state index in [1.165, 1.54) is 0 Å². The first-order valence-electron chi connectivity index (χ1n) is 6.38. The number of oxazole rings is 1. The molecular formula is C15H11ClN2O2. The lowest BCUT2D eigenvalue weighted by atomic mass is 10.1. The van der Waals surface area contributed by atoms with Crippen LogP contribution in [0.25, 0.3) is 22.6 Å². The highest BCUT2D eigenvalue weighted by atomic mass is 35.5. The summed E-state index contributed by atoms with van der Waals surface area (Å²) in [6, 6.07) is 11.4. The van der Waals surface area contributed by atoms with Crippen LogP contribution in [0, 0.1) is 0 Å². The van der Waals surface area contributed by atoms with Crippen LogP contribution in [0.5, 0.6) is 5.75 Å². The number of hydrogen-bond donors (Lipinski definition) is 1. The zero-order valence-electron chi connectivity index (χ0n) is 10.5. The third-order valence-corrected chi connectivity index (χ3v) is 3.57. The fourth-order valence-electron chi connectivity index (χ4n) is 2.37. The van der Waals surface area contributed by atoms with Crippen molar-refractivity contribution in [2.75, 3.05) is 18.5 Å². The summed E-state index contributed by atoms with van der Waals surface area (Å²) in [5.41, 5.74) is 3.14. The lowest BCUT2D eigenvalue weighted by molar-refractivity contribution is 0.324. The van der Waals surface area contributed by atoms with E-state index < -0.39 is 0 Å². The number of benzene rings is 2. The van der Waals surface area contributed by atoms with Gasteiger partial charge in [0.25, 0.3) is 0 Å². The van der Waals surface area contributed by atoms with Crippen molar-refractivity contribution in [2.24, 2.45) is 0 Å².